The second kappa shape index (κ2) is 5.69. The lowest BCUT2D eigenvalue weighted by Gasteiger charge is -2.11. The quantitative estimate of drug-likeness (QED) is 0.861. The van der Waals surface area contributed by atoms with E-state index in [0.29, 0.717) is 0 Å². The Labute approximate surface area is 124 Å². The third-order valence-corrected chi connectivity index (χ3v) is 4.47. The Kier molecular flexibility index (Phi) is 4.29. The number of imidazole rings is 1. The van der Waals surface area contributed by atoms with Gasteiger partial charge in [0.15, 0.2) is 9.84 Å². The van der Waals surface area contributed by atoms with Gasteiger partial charge in [-0.2, -0.15) is 13.2 Å². The van der Waals surface area contributed by atoms with Crippen molar-refractivity contribution in [2.24, 2.45) is 0 Å². The standard InChI is InChI=1S/C12H10ClF3N2O2S/c13-9-2-1-3-10(6-9)21(19,20)7-11-17-4-5-18(11)8-12(14,15)16/h1-6H,7-8H2. The topological polar surface area (TPSA) is 52.0 Å². The van der Waals surface area contributed by atoms with E-state index in [9.17, 15) is 21.6 Å². The Hall–Kier alpha value is -1.54. The van der Waals surface area contributed by atoms with Gasteiger partial charge in [0.25, 0.3) is 0 Å². The summed E-state index contributed by atoms with van der Waals surface area (Å²) in [5, 5.41) is 0.231. The summed E-state index contributed by atoms with van der Waals surface area (Å²) < 4.78 is 62.3. The normalized spacial score (nSPS) is 12.6. The maximum absolute atomic E-state index is 12.4. The summed E-state index contributed by atoms with van der Waals surface area (Å²) in [4.78, 5) is 3.63. The molecule has 21 heavy (non-hydrogen) atoms. The number of benzene rings is 1. The molecule has 0 saturated heterocycles. The van der Waals surface area contributed by atoms with Crippen molar-refractivity contribution in [3.8, 4) is 0 Å². The number of sulfone groups is 1. The summed E-state index contributed by atoms with van der Waals surface area (Å²) in [5.41, 5.74) is 0. The molecular weight excluding hydrogens is 329 g/mol. The van der Waals surface area contributed by atoms with Gasteiger partial charge in [-0.25, -0.2) is 13.4 Å². The predicted octanol–water partition coefficient (Wildman–Crippen LogP) is 3.07. The molecule has 2 rings (SSSR count). The van der Waals surface area contributed by atoms with Crippen LogP contribution in [0.2, 0.25) is 5.02 Å². The molecule has 114 valence electrons. The molecule has 2 aromatic rings. The first-order valence-electron chi connectivity index (χ1n) is 5.72. The lowest BCUT2D eigenvalue weighted by atomic mass is 10.4. The predicted molar refractivity (Wildman–Crippen MR) is 70.6 cm³/mol. The van der Waals surface area contributed by atoms with Crippen LogP contribution in [0, 0.1) is 0 Å². The molecule has 0 aliphatic carbocycles. The van der Waals surface area contributed by atoms with Gasteiger partial charge in [0.05, 0.1) is 4.90 Å². The minimum atomic E-state index is -4.45. The molecule has 0 radical (unpaired) electrons. The van der Waals surface area contributed by atoms with Crippen LogP contribution in [0.3, 0.4) is 0 Å². The molecule has 4 nitrogen and oxygen atoms in total. The fourth-order valence-electron chi connectivity index (χ4n) is 1.73. The Bertz CT molecular complexity index is 741. The largest absolute Gasteiger partial charge is 0.406 e. The average molecular weight is 339 g/mol. The van der Waals surface area contributed by atoms with Crippen LogP contribution in [0.4, 0.5) is 13.2 Å². The first kappa shape index (κ1) is 15.8. The van der Waals surface area contributed by atoms with E-state index in [1.807, 2.05) is 0 Å². The van der Waals surface area contributed by atoms with Gasteiger partial charge < -0.3 is 4.57 Å². The van der Waals surface area contributed by atoms with E-state index in [1.165, 1.54) is 24.3 Å². The lowest BCUT2D eigenvalue weighted by molar-refractivity contribution is -0.141. The van der Waals surface area contributed by atoms with Gasteiger partial charge in [-0.1, -0.05) is 17.7 Å². The number of aromatic nitrogens is 2. The molecule has 0 atom stereocenters. The molecule has 0 amide bonds. The molecule has 1 heterocycles. The van der Waals surface area contributed by atoms with Crippen molar-refractivity contribution in [3.63, 3.8) is 0 Å². The van der Waals surface area contributed by atoms with Gasteiger partial charge in [0, 0.05) is 17.4 Å². The molecule has 0 N–H and O–H groups in total. The Morgan fingerprint density at radius 3 is 2.62 bits per heavy atom. The number of halogens is 4. The minimum Gasteiger partial charge on any atom is -0.325 e. The van der Waals surface area contributed by atoms with Crippen molar-refractivity contribution in [1.82, 2.24) is 9.55 Å². The van der Waals surface area contributed by atoms with Crippen LogP contribution in [-0.2, 0) is 22.1 Å². The fourth-order valence-corrected chi connectivity index (χ4v) is 3.33. The van der Waals surface area contributed by atoms with Crippen LogP contribution in [0.5, 0.6) is 0 Å². The van der Waals surface area contributed by atoms with E-state index in [4.69, 9.17) is 11.6 Å². The molecule has 0 unspecified atom stereocenters. The van der Waals surface area contributed by atoms with Gasteiger partial charge in [0.2, 0.25) is 0 Å². The molecule has 1 aromatic heterocycles. The zero-order valence-corrected chi connectivity index (χ0v) is 12.1. The van der Waals surface area contributed by atoms with Crippen molar-refractivity contribution in [3.05, 3.63) is 47.5 Å². The van der Waals surface area contributed by atoms with Crippen LogP contribution in [0.15, 0.2) is 41.6 Å². The number of alkyl halides is 3. The van der Waals surface area contributed by atoms with Crippen LogP contribution in [0.25, 0.3) is 0 Å². The summed E-state index contributed by atoms with van der Waals surface area (Å²) in [6.07, 6.45) is -2.22. The highest BCUT2D eigenvalue weighted by Gasteiger charge is 2.29. The Morgan fingerprint density at radius 2 is 2.00 bits per heavy atom. The van der Waals surface area contributed by atoms with Gasteiger partial charge in [-0.05, 0) is 18.2 Å². The maximum atomic E-state index is 12.4. The van der Waals surface area contributed by atoms with E-state index in [-0.39, 0.29) is 15.7 Å². The highest BCUT2D eigenvalue weighted by molar-refractivity contribution is 7.90. The second-order valence-corrected chi connectivity index (χ2v) is 6.73. The fraction of sp³-hybridized carbons (Fsp3) is 0.250. The molecule has 0 saturated carbocycles. The molecule has 0 aliphatic heterocycles. The van der Waals surface area contributed by atoms with Crippen molar-refractivity contribution < 1.29 is 21.6 Å². The third kappa shape index (κ3) is 4.21. The summed E-state index contributed by atoms with van der Waals surface area (Å²) in [5.74, 6) is -0.802. The highest BCUT2D eigenvalue weighted by Crippen LogP contribution is 2.22. The van der Waals surface area contributed by atoms with Crippen LogP contribution in [0.1, 0.15) is 5.82 Å². The highest BCUT2D eigenvalue weighted by atomic mass is 35.5. The van der Waals surface area contributed by atoms with Crippen LogP contribution in [-0.4, -0.2) is 24.1 Å². The van der Waals surface area contributed by atoms with E-state index in [2.05, 4.69) is 4.98 Å². The van der Waals surface area contributed by atoms with Crippen molar-refractivity contribution in [2.45, 2.75) is 23.4 Å². The molecule has 0 bridgehead atoms. The summed E-state index contributed by atoms with van der Waals surface area (Å²) in [7, 11) is -3.82. The van der Waals surface area contributed by atoms with E-state index in [1.54, 1.807) is 0 Å². The van der Waals surface area contributed by atoms with Gasteiger partial charge in [-0.15, -0.1) is 0 Å². The Morgan fingerprint density at radius 1 is 1.29 bits per heavy atom. The summed E-state index contributed by atoms with van der Waals surface area (Å²) >= 11 is 5.72. The summed E-state index contributed by atoms with van der Waals surface area (Å²) in [6.45, 7) is -1.28. The molecule has 0 aliphatic rings. The maximum Gasteiger partial charge on any atom is 0.406 e. The number of hydrogen-bond acceptors (Lipinski definition) is 3. The number of rotatable bonds is 4. The molecular formula is C12H10ClF3N2O2S. The van der Waals surface area contributed by atoms with Crippen LogP contribution < -0.4 is 0 Å². The Balaban J connectivity index is 2.28. The first-order chi connectivity index (χ1) is 9.67. The zero-order valence-electron chi connectivity index (χ0n) is 10.5. The summed E-state index contributed by atoms with van der Waals surface area (Å²) in [6, 6.07) is 5.54. The van der Waals surface area contributed by atoms with Gasteiger partial charge in [0.1, 0.15) is 18.1 Å². The number of hydrogen-bond donors (Lipinski definition) is 0. The van der Waals surface area contributed by atoms with Crippen molar-refractivity contribution >= 4 is 21.4 Å². The molecule has 0 spiro atoms. The van der Waals surface area contributed by atoms with Gasteiger partial charge >= 0.3 is 6.18 Å². The molecule has 1 aromatic carbocycles. The average Bonchev–Trinajstić information content (AvgIpc) is 2.73. The van der Waals surface area contributed by atoms with Gasteiger partial charge in [-0.3, -0.25) is 0 Å². The van der Waals surface area contributed by atoms with Crippen molar-refractivity contribution in [1.29, 1.82) is 0 Å². The first-order valence-corrected chi connectivity index (χ1v) is 7.75. The molecule has 0 fully saturated rings. The monoisotopic (exact) mass is 338 g/mol. The van der Waals surface area contributed by atoms with E-state index in [0.717, 1.165) is 17.0 Å². The zero-order chi connectivity index (χ0) is 15.7. The second-order valence-electron chi connectivity index (χ2n) is 4.30. The smallest absolute Gasteiger partial charge is 0.325 e. The van der Waals surface area contributed by atoms with Crippen molar-refractivity contribution in [2.75, 3.05) is 0 Å². The van der Waals surface area contributed by atoms with Crippen LogP contribution >= 0.6 is 11.6 Å². The third-order valence-electron chi connectivity index (χ3n) is 2.63. The lowest BCUT2D eigenvalue weighted by Crippen LogP contribution is -2.20. The SMILES string of the molecule is O=S(=O)(Cc1nccn1CC(F)(F)F)c1cccc(Cl)c1. The van der Waals surface area contributed by atoms with E-state index >= 15 is 0 Å². The molecule has 9 heteroatoms. The minimum absolute atomic E-state index is 0.0587. The van der Waals surface area contributed by atoms with E-state index < -0.39 is 28.3 Å². The number of nitrogens with zero attached hydrogens (tertiary/aromatic N) is 2.